The van der Waals surface area contributed by atoms with E-state index >= 15 is 0 Å². The van der Waals surface area contributed by atoms with Crippen LogP contribution in [0.4, 0.5) is 0 Å². The third kappa shape index (κ3) is 7.81. The number of para-hydroxylation sites is 1. The van der Waals surface area contributed by atoms with Crippen molar-refractivity contribution in [3.63, 3.8) is 0 Å². The van der Waals surface area contributed by atoms with Crippen LogP contribution in [0.15, 0.2) is 30.3 Å². The molecule has 0 aliphatic carbocycles. The lowest BCUT2D eigenvalue weighted by molar-refractivity contribution is 0.308. The van der Waals surface area contributed by atoms with Crippen molar-refractivity contribution in [2.75, 3.05) is 19.7 Å². The van der Waals surface area contributed by atoms with E-state index in [0.717, 1.165) is 31.9 Å². The fourth-order valence-corrected chi connectivity index (χ4v) is 1.71. The van der Waals surface area contributed by atoms with Crippen LogP contribution in [0.5, 0.6) is 5.75 Å². The predicted molar refractivity (Wildman–Crippen MR) is 73.6 cm³/mol. The van der Waals surface area contributed by atoms with Crippen molar-refractivity contribution in [1.29, 1.82) is 0 Å². The molecule has 1 rings (SSSR count). The van der Waals surface area contributed by atoms with Gasteiger partial charge in [0.2, 0.25) is 0 Å². The minimum atomic E-state index is 0.798. The average molecular weight is 235 g/mol. The summed E-state index contributed by atoms with van der Waals surface area (Å²) in [6.45, 7) is 5.24. The minimum Gasteiger partial charge on any atom is -0.494 e. The number of hydrogen-bond acceptors (Lipinski definition) is 2. The van der Waals surface area contributed by atoms with Crippen molar-refractivity contribution < 1.29 is 4.74 Å². The molecule has 0 spiro atoms. The van der Waals surface area contributed by atoms with E-state index in [1.165, 1.54) is 25.7 Å². The van der Waals surface area contributed by atoms with Gasteiger partial charge in [-0.25, -0.2) is 0 Å². The van der Waals surface area contributed by atoms with Gasteiger partial charge >= 0.3 is 0 Å². The number of ether oxygens (including phenoxy) is 1. The number of benzene rings is 1. The van der Waals surface area contributed by atoms with E-state index in [1.54, 1.807) is 0 Å². The Morgan fingerprint density at radius 2 is 1.71 bits per heavy atom. The molecule has 0 atom stereocenters. The molecule has 0 radical (unpaired) electrons. The van der Waals surface area contributed by atoms with Crippen molar-refractivity contribution in [2.45, 2.75) is 39.0 Å². The van der Waals surface area contributed by atoms with Crippen molar-refractivity contribution in [2.24, 2.45) is 0 Å². The van der Waals surface area contributed by atoms with Crippen molar-refractivity contribution in [3.05, 3.63) is 30.3 Å². The van der Waals surface area contributed by atoms with Crippen LogP contribution in [0.25, 0.3) is 0 Å². The molecule has 96 valence electrons. The van der Waals surface area contributed by atoms with E-state index in [0.29, 0.717) is 0 Å². The average Bonchev–Trinajstić information content (AvgIpc) is 2.38. The molecule has 0 bridgehead atoms. The van der Waals surface area contributed by atoms with Crippen LogP contribution in [-0.4, -0.2) is 19.7 Å². The third-order valence-corrected chi connectivity index (χ3v) is 2.72. The summed E-state index contributed by atoms with van der Waals surface area (Å²) in [7, 11) is 0. The van der Waals surface area contributed by atoms with Crippen LogP contribution in [0.1, 0.15) is 39.0 Å². The summed E-state index contributed by atoms with van der Waals surface area (Å²) in [6.07, 6.45) is 6.39. The zero-order valence-corrected chi connectivity index (χ0v) is 11.0. The summed E-state index contributed by atoms with van der Waals surface area (Å²) in [5.74, 6) is 0.968. The predicted octanol–water partition coefficient (Wildman–Crippen LogP) is 3.63. The zero-order chi connectivity index (χ0) is 12.2. The summed E-state index contributed by atoms with van der Waals surface area (Å²) in [4.78, 5) is 0. The van der Waals surface area contributed by atoms with Crippen LogP contribution in [0.2, 0.25) is 0 Å². The number of unbranched alkanes of at least 4 members (excludes halogenated alkanes) is 3. The largest absolute Gasteiger partial charge is 0.494 e. The monoisotopic (exact) mass is 235 g/mol. The van der Waals surface area contributed by atoms with Gasteiger partial charge in [-0.3, -0.25) is 0 Å². The molecule has 1 aromatic rings. The Morgan fingerprint density at radius 3 is 2.47 bits per heavy atom. The summed E-state index contributed by atoms with van der Waals surface area (Å²) in [5.41, 5.74) is 0. The molecule has 2 heteroatoms. The summed E-state index contributed by atoms with van der Waals surface area (Å²) in [6, 6.07) is 10.0. The SMILES string of the molecule is CCCCCCNCCCOc1ccccc1. The molecule has 2 nitrogen and oxygen atoms in total. The molecule has 0 aromatic heterocycles. The second-order valence-corrected chi connectivity index (χ2v) is 4.33. The van der Waals surface area contributed by atoms with Gasteiger partial charge in [0.05, 0.1) is 6.61 Å². The molecule has 0 saturated heterocycles. The van der Waals surface area contributed by atoms with Crippen LogP contribution >= 0.6 is 0 Å². The van der Waals surface area contributed by atoms with Crippen molar-refractivity contribution in [3.8, 4) is 5.75 Å². The van der Waals surface area contributed by atoms with E-state index in [-0.39, 0.29) is 0 Å². The lowest BCUT2D eigenvalue weighted by Gasteiger charge is -2.06. The van der Waals surface area contributed by atoms with Gasteiger partial charge in [-0.1, -0.05) is 44.4 Å². The Hall–Kier alpha value is -1.02. The topological polar surface area (TPSA) is 21.3 Å². The molecule has 0 heterocycles. The highest BCUT2D eigenvalue weighted by atomic mass is 16.5. The van der Waals surface area contributed by atoms with Gasteiger partial charge in [0.1, 0.15) is 5.75 Å². The lowest BCUT2D eigenvalue weighted by atomic mass is 10.2. The molecule has 0 amide bonds. The first-order chi connectivity index (χ1) is 8.43. The van der Waals surface area contributed by atoms with Crippen LogP contribution in [0.3, 0.4) is 0 Å². The van der Waals surface area contributed by atoms with Crippen LogP contribution < -0.4 is 10.1 Å². The number of rotatable bonds is 10. The van der Waals surface area contributed by atoms with Crippen LogP contribution in [-0.2, 0) is 0 Å². The second kappa shape index (κ2) is 10.2. The minimum absolute atomic E-state index is 0.798. The summed E-state index contributed by atoms with van der Waals surface area (Å²) >= 11 is 0. The Bertz CT molecular complexity index is 261. The molecular formula is C15H25NO. The highest BCUT2D eigenvalue weighted by Crippen LogP contribution is 2.07. The highest BCUT2D eigenvalue weighted by Gasteiger charge is 1.92. The molecule has 1 aromatic carbocycles. The first-order valence-corrected chi connectivity index (χ1v) is 6.82. The van der Waals surface area contributed by atoms with E-state index in [4.69, 9.17) is 4.74 Å². The van der Waals surface area contributed by atoms with Crippen molar-refractivity contribution >= 4 is 0 Å². The van der Waals surface area contributed by atoms with Gasteiger partial charge in [-0.05, 0) is 38.1 Å². The first kappa shape index (κ1) is 14.0. The van der Waals surface area contributed by atoms with Gasteiger partial charge in [0, 0.05) is 0 Å². The van der Waals surface area contributed by atoms with Gasteiger partial charge in [0.15, 0.2) is 0 Å². The van der Waals surface area contributed by atoms with Crippen molar-refractivity contribution in [1.82, 2.24) is 5.32 Å². The molecule has 0 fully saturated rings. The second-order valence-electron chi connectivity index (χ2n) is 4.33. The lowest BCUT2D eigenvalue weighted by Crippen LogP contribution is -2.18. The Kier molecular flexibility index (Phi) is 8.39. The molecular weight excluding hydrogens is 210 g/mol. The molecule has 17 heavy (non-hydrogen) atoms. The van der Waals surface area contributed by atoms with E-state index in [2.05, 4.69) is 12.2 Å². The molecule has 0 saturated carbocycles. The standard InChI is InChI=1S/C15H25NO/c1-2-3-4-8-12-16-13-9-14-17-15-10-6-5-7-11-15/h5-7,10-11,16H,2-4,8-9,12-14H2,1H3. The fourth-order valence-electron chi connectivity index (χ4n) is 1.71. The fraction of sp³-hybridized carbons (Fsp3) is 0.600. The van der Waals surface area contributed by atoms with Gasteiger partial charge < -0.3 is 10.1 Å². The highest BCUT2D eigenvalue weighted by molar-refractivity contribution is 5.20. The summed E-state index contributed by atoms with van der Waals surface area (Å²) in [5, 5.41) is 3.45. The maximum absolute atomic E-state index is 5.61. The van der Waals surface area contributed by atoms with Gasteiger partial charge in [-0.2, -0.15) is 0 Å². The Labute approximate surface area is 105 Å². The zero-order valence-electron chi connectivity index (χ0n) is 11.0. The number of hydrogen-bond donors (Lipinski definition) is 1. The smallest absolute Gasteiger partial charge is 0.119 e. The van der Waals surface area contributed by atoms with E-state index < -0.39 is 0 Å². The third-order valence-electron chi connectivity index (χ3n) is 2.72. The maximum Gasteiger partial charge on any atom is 0.119 e. The van der Waals surface area contributed by atoms with Gasteiger partial charge in [0.25, 0.3) is 0 Å². The maximum atomic E-state index is 5.61. The first-order valence-electron chi connectivity index (χ1n) is 6.82. The Balaban J connectivity index is 1.85. The van der Waals surface area contributed by atoms with Gasteiger partial charge in [-0.15, -0.1) is 0 Å². The van der Waals surface area contributed by atoms with E-state index in [9.17, 15) is 0 Å². The molecule has 0 aliphatic rings. The normalized spacial score (nSPS) is 10.4. The van der Waals surface area contributed by atoms with E-state index in [1.807, 2.05) is 30.3 Å². The van der Waals surface area contributed by atoms with Crippen LogP contribution in [0, 0.1) is 0 Å². The Morgan fingerprint density at radius 1 is 0.941 bits per heavy atom. The molecule has 0 unspecified atom stereocenters. The quantitative estimate of drug-likeness (QED) is 0.625. The molecule has 0 aliphatic heterocycles. The summed E-state index contributed by atoms with van der Waals surface area (Å²) < 4.78 is 5.61. The number of nitrogens with one attached hydrogen (secondary N) is 1. The molecule has 1 N–H and O–H groups in total.